The predicted molar refractivity (Wildman–Crippen MR) is 82.8 cm³/mol. The van der Waals surface area contributed by atoms with Crippen molar-refractivity contribution in [3.05, 3.63) is 40.8 Å². The summed E-state index contributed by atoms with van der Waals surface area (Å²) in [5.74, 6) is -1.03. The number of carbonyl (C=O) groups excluding carboxylic acids is 1. The molecule has 0 aliphatic heterocycles. The van der Waals surface area contributed by atoms with E-state index in [2.05, 4.69) is 5.32 Å². The van der Waals surface area contributed by atoms with Crippen LogP contribution in [0.1, 0.15) is 28.1 Å². The molecule has 21 heavy (non-hydrogen) atoms. The Hall–Kier alpha value is -2.14. The molecule has 1 amide bonds. The number of hydrogen-bond donors (Lipinski definition) is 2. The third-order valence-corrected chi connectivity index (χ3v) is 4.57. The number of aromatic carboxylic acids is 1. The number of nitrogens with one attached hydrogen (secondary N) is 1. The van der Waals surface area contributed by atoms with Crippen LogP contribution in [0, 0.1) is 12.8 Å². The topological polar surface area (TPSA) is 66.4 Å². The molecule has 1 aromatic heterocycles. The number of anilines is 1. The maximum atomic E-state index is 11.9. The number of benzene rings is 1. The third kappa shape index (κ3) is 2.69. The van der Waals surface area contributed by atoms with E-state index in [0.29, 0.717) is 10.6 Å². The quantitative estimate of drug-likeness (QED) is 0.903. The lowest BCUT2D eigenvalue weighted by molar-refractivity contribution is -0.117. The first-order chi connectivity index (χ1) is 10.1. The molecule has 1 aliphatic carbocycles. The van der Waals surface area contributed by atoms with Crippen molar-refractivity contribution in [2.75, 3.05) is 5.32 Å². The van der Waals surface area contributed by atoms with E-state index >= 15 is 0 Å². The van der Waals surface area contributed by atoms with Gasteiger partial charge in [0.25, 0.3) is 0 Å². The molecule has 1 aromatic carbocycles. The zero-order valence-electron chi connectivity index (χ0n) is 11.6. The highest BCUT2D eigenvalue weighted by molar-refractivity contribution is 7.17. The highest BCUT2D eigenvalue weighted by Gasteiger charge is 2.32. The summed E-state index contributed by atoms with van der Waals surface area (Å²) < 4.78 is 0. The lowest BCUT2D eigenvalue weighted by Gasteiger charge is -2.05. The zero-order chi connectivity index (χ0) is 15.0. The molecule has 1 heterocycles. The van der Waals surface area contributed by atoms with Gasteiger partial charge in [-0.05, 0) is 25.3 Å². The van der Waals surface area contributed by atoms with Gasteiger partial charge in [0.2, 0.25) is 5.91 Å². The van der Waals surface area contributed by atoms with Gasteiger partial charge in [0, 0.05) is 16.4 Å². The Kier molecular flexibility index (Phi) is 3.51. The Labute approximate surface area is 126 Å². The highest BCUT2D eigenvalue weighted by atomic mass is 32.1. The largest absolute Gasteiger partial charge is 0.478 e. The fourth-order valence-corrected chi connectivity index (χ4v) is 3.42. The number of aryl methyl sites for hydroxylation is 1. The van der Waals surface area contributed by atoms with E-state index < -0.39 is 5.97 Å². The van der Waals surface area contributed by atoms with Gasteiger partial charge in [-0.25, -0.2) is 4.79 Å². The van der Waals surface area contributed by atoms with Crippen LogP contribution in [0.3, 0.4) is 0 Å². The van der Waals surface area contributed by atoms with Crippen molar-refractivity contribution >= 4 is 28.2 Å². The average Bonchev–Trinajstić information content (AvgIpc) is 3.24. The van der Waals surface area contributed by atoms with E-state index in [1.165, 1.54) is 11.3 Å². The second-order valence-electron chi connectivity index (χ2n) is 5.17. The zero-order valence-corrected chi connectivity index (χ0v) is 12.4. The monoisotopic (exact) mass is 301 g/mol. The normalized spacial score (nSPS) is 14.0. The van der Waals surface area contributed by atoms with Gasteiger partial charge in [-0.2, -0.15) is 0 Å². The van der Waals surface area contributed by atoms with Crippen LogP contribution < -0.4 is 5.32 Å². The Balaban J connectivity index is 2.05. The van der Waals surface area contributed by atoms with E-state index in [-0.39, 0.29) is 17.4 Å². The third-order valence-electron chi connectivity index (χ3n) is 3.55. The maximum absolute atomic E-state index is 11.9. The van der Waals surface area contributed by atoms with Gasteiger partial charge in [-0.15, -0.1) is 11.3 Å². The van der Waals surface area contributed by atoms with Crippen molar-refractivity contribution < 1.29 is 14.7 Å². The van der Waals surface area contributed by atoms with Gasteiger partial charge in [0.05, 0.1) is 0 Å². The Morgan fingerprint density at radius 2 is 1.90 bits per heavy atom. The summed E-state index contributed by atoms with van der Waals surface area (Å²) in [6, 6.07) is 9.41. The minimum absolute atomic E-state index is 0.0502. The van der Waals surface area contributed by atoms with E-state index in [9.17, 15) is 14.7 Å². The minimum atomic E-state index is -1.01. The number of rotatable bonds is 4. The molecule has 4 nitrogen and oxygen atoms in total. The van der Waals surface area contributed by atoms with Crippen LogP contribution in [0.4, 0.5) is 5.00 Å². The van der Waals surface area contributed by atoms with Crippen LogP contribution in [0.5, 0.6) is 0 Å². The van der Waals surface area contributed by atoms with Crippen LogP contribution in [-0.2, 0) is 4.79 Å². The van der Waals surface area contributed by atoms with E-state index in [4.69, 9.17) is 0 Å². The summed E-state index contributed by atoms with van der Waals surface area (Å²) >= 11 is 1.32. The molecule has 108 valence electrons. The fourth-order valence-electron chi connectivity index (χ4n) is 2.35. The molecule has 0 bridgehead atoms. The molecule has 1 saturated carbocycles. The van der Waals surface area contributed by atoms with Crippen molar-refractivity contribution in [3.63, 3.8) is 0 Å². The summed E-state index contributed by atoms with van der Waals surface area (Å²) in [5, 5.41) is 12.8. The molecule has 0 atom stereocenters. The van der Waals surface area contributed by atoms with Gasteiger partial charge in [-0.1, -0.05) is 30.3 Å². The van der Waals surface area contributed by atoms with E-state index in [1.807, 2.05) is 37.3 Å². The smallest absolute Gasteiger partial charge is 0.339 e. The minimum Gasteiger partial charge on any atom is -0.478 e. The first-order valence-corrected chi connectivity index (χ1v) is 7.62. The summed E-state index contributed by atoms with van der Waals surface area (Å²) in [5.41, 5.74) is 1.74. The molecule has 0 saturated heterocycles. The number of carbonyl (C=O) groups is 2. The molecular weight excluding hydrogens is 286 g/mol. The van der Waals surface area contributed by atoms with Gasteiger partial charge in [-0.3, -0.25) is 4.79 Å². The molecule has 0 unspecified atom stereocenters. The van der Waals surface area contributed by atoms with Crippen LogP contribution in [0.15, 0.2) is 30.3 Å². The van der Waals surface area contributed by atoms with Crippen LogP contribution in [0.25, 0.3) is 11.1 Å². The lowest BCUT2D eigenvalue weighted by Crippen LogP contribution is -2.14. The van der Waals surface area contributed by atoms with Crippen molar-refractivity contribution in [2.45, 2.75) is 19.8 Å². The summed E-state index contributed by atoms with van der Waals surface area (Å²) in [6.45, 7) is 1.88. The van der Waals surface area contributed by atoms with Gasteiger partial charge in [0.15, 0.2) is 0 Å². The first-order valence-electron chi connectivity index (χ1n) is 6.81. The second-order valence-corrected chi connectivity index (χ2v) is 6.40. The molecular formula is C16H15NO3S. The number of thiophene rings is 1. The number of carboxylic acids is 1. The van der Waals surface area contributed by atoms with Gasteiger partial charge >= 0.3 is 5.97 Å². The molecule has 0 radical (unpaired) electrons. The predicted octanol–water partition coefficient (Wildman–Crippen LogP) is 3.77. The standard InChI is InChI=1S/C16H15NO3S/c1-9-12(10-5-3-2-4-6-10)13(16(19)20)15(21-9)17-14(18)11-7-8-11/h2-6,11H,7-8H2,1H3,(H,17,18)(H,19,20). The first kappa shape index (κ1) is 13.8. The lowest BCUT2D eigenvalue weighted by atomic mass is 10.0. The molecule has 0 spiro atoms. The fraction of sp³-hybridized carbons (Fsp3) is 0.250. The molecule has 5 heteroatoms. The van der Waals surface area contributed by atoms with Crippen molar-refractivity contribution in [1.82, 2.24) is 0 Å². The Morgan fingerprint density at radius 1 is 1.24 bits per heavy atom. The van der Waals surface area contributed by atoms with Crippen molar-refractivity contribution in [1.29, 1.82) is 0 Å². The molecule has 2 aromatic rings. The summed E-state index contributed by atoms with van der Waals surface area (Å²) in [6.07, 6.45) is 1.79. The molecule has 1 fully saturated rings. The van der Waals surface area contributed by atoms with E-state index in [0.717, 1.165) is 23.3 Å². The number of carboxylic acid groups (broad SMARTS) is 1. The Morgan fingerprint density at radius 3 is 2.48 bits per heavy atom. The second kappa shape index (κ2) is 5.33. The molecule has 3 rings (SSSR count). The summed E-state index contributed by atoms with van der Waals surface area (Å²) in [4.78, 5) is 24.5. The number of amides is 1. The molecule has 2 N–H and O–H groups in total. The summed E-state index contributed by atoms with van der Waals surface area (Å²) in [7, 11) is 0. The van der Waals surface area contributed by atoms with Crippen LogP contribution in [0.2, 0.25) is 0 Å². The maximum Gasteiger partial charge on any atom is 0.339 e. The van der Waals surface area contributed by atoms with Crippen molar-refractivity contribution in [2.24, 2.45) is 5.92 Å². The van der Waals surface area contributed by atoms with Gasteiger partial charge < -0.3 is 10.4 Å². The van der Waals surface area contributed by atoms with Gasteiger partial charge in [0.1, 0.15) is 10.6 Å². The Bertz CT molecular complexity index is 702. The van der Waals surface area contributed by atoms with Crippen molar-refractivity contribution in [3.8, 4) is 11.1 Å². The highest BCUT2D eigenvalue weighted by Crippen LogP contribution is 2.41. The average molecular weight is 301 g/mol. The molecule has 1 aliphatic rings. The van der Waals surface area contributed by atoms with E-state index in [1.54, 1.807) is 0 Å². The van der Waals surface area contributed by atoms with Crippen LogP contribution in [-0.4, -0.2) is 17.0 Å². The number of hydrogen-bond acceptors (Lipinski definition) is 3. The SMILES string of the molecule is Cc1sc(NC(=O)C2CC2)c(C(=O)O)c1-c1ccccc1. The van der Waals surface area contributed by atoms with Crippen LogP contribution >= 0.6 is 11.3 Å².